The topological polar surface area (TPSA) is 76.5 Å². The van der Waals surface area contributed by atoms with Crippen LogP contribution in [0.25, 0.3) is 11.0 Å². The largest absolute Gasteiger partial charge is 0.478 e. The van der Waals surface area contributed by atoms with Gasteiger partial charge in [-0.3, -0.25) is 0 Å². The van der Waals surface area contributed by atoms with Gasteiger partial charge in [-0.1, -0.05) is 11.6 Å². The molecule has 0 saturated carbocycles. The summed E-state index contributed by atoms with van der Waals surface area (Å²) in [6.07, 6.45) is 0. The minimum Gasteiger partial charge on any atom is -0.478 e. The van der Waals surface area contributed by atoms with Gasteiger partial charge in [-0.2, -0.15) is 0 Å². The third kappa shape index (κ3) is 1.77. The first-order valence-corrected chi connectivity index (χ1v) is 5.08. The van der Waals surface area contributed by atoms with Crippen molar-refractivity contribution in [2.24, 2.45) is 5.73 Å². The van der Waals surface area contributed by atoms with Gasteiger partial charge < -0.3 is 15.3 Å². The lowest BCUT2D eigenvalue weighted by Crippen LogP contribution is -2.02. The van der Waals surface area contributed by atoms with Crippen LogP contribution < -0.4 is 5.73 Å². The Balaban J connectivity index is 2.75. The molecule has 0 aliphatic carbocycles. The van der Waals surface area contributed by atoms with Gasteiger partial charge >= 0.3 is 5.97 Å². The van der Waals surface area contributed by atoms with Gasteiger partial charge in [0.1, 0.15) is 16.9 Å². The fourth-order valence-corrected chi connectivity index (χ4v) is 1.75. The molecule has 3 N–H and O–H groups in total. The fourth-order valence-electron chi connectivity index (χ4n) is 1.52. The Morgan fingerprint density at radius 3 is 2.75 bits per heavy atom. The molecule has 5 heteroatoms. The summed E-state index contributed by atoms with van der Waals surface area (Å²) in [6.45, 7) is 1.76. The lowest BCUT2D eigenvalue weighted by Gasteiger charge is -1.98. The number of carbonyl (C=O) groups is 1. The Kier molecular flexibility index (Phi) is 2.61. The first-order chi connectivity index (χ1) is 7.49. The second-order valence-electron chi connectivity index (χ2n) is 3.61. The summed E-state index contributed by atoms with van der Waals surface area (Å²) in [5.74, 6) is -0.530. The summed E-state index contributed by atoms with van der Waals surface area (Å²) < 4.78 is 5.41. The van der Waals surface area contributed by atoms with Crippen LogP contribution in [0.1, 0.15) is 29.1 Å². The van der Waals surface area contributed by atoms with E-state index in [9.17, 15) is 4.79 Å². The molecule has 0 bridgehead atoms. The number of furan rings is 1. The molecule has 0 radical (unpaired) electrons. The van der Waals surface area contributed by atoms with Crippen molar-refractivity contribution in [3.8, 4) is 0 Å². The van der Waals surface area contributed by atoms with E-state index in [2.05, 4.69) is 0 Å². The van der Waals surface area contributed by atoms with Crippen molar-refractivity contribution in [2.45, 2.75) is 13.0 Å². The molecule has 0 spiro atoms. The van der Waals surface area contributed by atoms with Crippen LogP contribution in [-0.4, -0.2) is 11.1 Å². The van der Waals surface area contributed by atoms with Crippen molar-refractivity contribution in [2.75, 3.05) is 0 Å². The van der Waals surface area contributed by atoms with Gasteiger partial charge in [0.2, 0.25) is 0 Å². The van der Waals surface area contributed by atoms with E-state index in [4.69, 9.17) is 26.9 Å². The van der Waals surface area contributed by atoms with Crippen LogP contribution in [0.4, 0.5) is 0 Å². The molecule has 0 saturated heterocycles. The molecule has 16 heavy (non-hydrogen) atoms. The maximum atomic E-state index is 11.0. The van der Waals surface area contributed by atoms with E-state index in [0.29, 0.717) is 21.8 Å². The fraction of sp³-hybridized carbons (Fsp3) is 0.182. The summed E-state index contributed by atoms with van der Waals surface area (Å²) in [5, 5.41) is 10.0. The van der Waals surface area contributed by atoms with Gasteiger partial charge in [0.15, 0.2) is 0 Å². The predicted molar refractivity (Wildman–Crippen MR) is 60.8 cm³/mol. The zero-order valence-corrected chi connectivity index (χ0v) is 9.28. The Labute approximate surface area is 96.6 Å². The molecule has 1 heterocycles. The third-order valence-corrected chi connectivity index (χ3v) is 2.50. The van der Waals surface area contributed by atoms with Crippen molar-refractivity contribution in [1.29, 1.82) is 0 Å². The minimum atomic E-state index is -1.07. The second-order valence-corrected chi connectivity index (χ2v) is 4.05. The van der Waals surface area contributed by atoms with Crippen LogP contribution in [0.3, 0.4) is 0 Å². The molecule has 0 amide bonds. The molecule has 0 aliphatic rings. The maximum absolute atomic E-state index is 11.0. The lowest BCUT2D eigenvalue weighted by molar-refractivity contribution is 0.0698. The number of fused-ring (bicyclic) bond motifs is 1. The van der Waals surface area contributed by atoms with Gasteiger partial charge in [-0.05, 0) is 25.1 Å². The van der Waals surface area contributed by atoms with Crippen molar-refractivity contribution in [1.82, 2.24) is 0 Å². The van der Waals surface area contributed by atoms with Crippen molar-refractivity contribution in [3.63, 3.8) is 0 Å². The number of benzene rings is 1. The summed E-state index contributed by atoms with van der Waals surface area (Å²) in [6, 6.07) is 4.44. The van der Waals surface area contributed by atoms with Crippen LogP contribution in [0.15, 0.2) is 22.6 Å². The normalized spacial score (nSPS) is 12.9. The maximum Gasteiger partial charge on any atom is 0.339 e. The van der Waals surface area contributed by atoms with Gasteiger partial charge in [0.25, 0.3) is 0 Å². The number of hydrogen-bond donors (Lipinski definition) is 2. The molecule has 84 valence electrons. The highest BCUT2D eigenvalue weighted by Crippen LogP contribution is 2.29. The van der Waals surface area contributed by atoms with E-state index in [-0.39, 0.29) is 11.6 Å². The van der Waals surface area contributed by atoms with E-state index in [1.54, 1.807) is 19.1 Å². The average molecular weight is 240 g/mol. The molecule has 1 atom stereocenters. The standard InChI is InChI=1S/C11H10ClNO3/c1-5(13)9-3-6-2-7(12)4-8(11(14)15)10(6)16-9/h2-5H,13H2,1H3,(H,14,15)/t5-/m0/s1. The molecule has 0 unspecified atom stereocenters. The Bertz CT molecular complexity index is 560. The molecule has 2 aromatic rings. The van der Waals surface area contributed by atoms with Crippen molar-refractivity contribution in [3.05, 3.63) is 34.5 Å². The van der Waals surface area contributed by atoms with Gasteiger partial charge in [0, 0.05) is 10.4 Å². The highest BCUT2D eigenvalue weighted by molar-refractivity contribution is 6.32. The number of rotatable bonds is 2. The smallest absolute Gasteiger partial charge is 0.339 e. The molecule has 4 nitrogen and oxygen atoms in total. The van der Waals surface area contributed by atoms with E-state index < -0.39 is 5.97 Å². The van der Waals surface area contributed by atoms with Crippen LogP contribution >= 0.6 is 11.6 Å². The van der Waals surface area contributed by atoms with Crippen LogP contribution in [-0.2, 0) is 0 Å². The van der Waals surface area contributed by atoms with Crippen LogP contribution in [0, 0.1) is 0 Å². The second kappa shape index (κ2) is 3.81. The SMILES string of the molecule is C[C@H](N)c1cc2cc(Cl)cc(C(=O)O)c2o1. The Morgan fingerprint density at radius 1 is 1.50 bits per heavy atom. The molecule has 2 rings (SSSR count). The highest BCUT2D eigenvalue weighted by Gasteiger charge is 2.16. The zero-order valence-electron chi connectivity index (χ0n) is 8.53. The molecule has 0 aliphatic heterocycles. The first kappa shape index (κ1) is 11.0. The number of nitrogens with two attached hydrogens (primary N) is 1. The van der Waals surface area contributed by atoms with Crippen molar-refractivity contribution < 1.29 is 14.3 Å². The summed E-state index contributed by atoms with van der Waals surface area (Å²) in [5.41, 5.74) is 6.03. The van der Waals surface area contributed by atoms with Crippen molar-refractivity contribution >= 4 is 28.5 Å². The zero-order chi connectivity index (χ0) is 11.9. The van der Waals surface area contributed by atoms with Gasteiger partial charge in [-0.25, -0.2) is 4.79 Å². The Morgan fingerprint density at radius 2 is 2.19 bits per heavy atom. The predicted octanol–water partition coefficient (Wildman–Crippen LogP) is 2.80. The van der Waals surface area contributed by atoms with E-state index >= 15 is 0 Å². The number of hydrogen-bond acceptors (Lipinski definition) is 3. The molecule has 1 aromatic heterocycles. The first-order valence-electron chi connectivity index (χ1n) is 4.71. The summed E-state index contributed by atoms with van der Waals surface area (Å²) in [4.78, 5) is 11.0. The number of halogens is 1. The van der Waals surface area contributed by atoms with Crippen LogP contribution in [0.5, 0.6) is 0 Å². The van der Waals surface area contributed by atoms with Gasteiger partial charge in [0.05, 0.1) is 6.04 Å². The molecular formula is C11H10ClNO3. The van der Waals surface area contributed by atoms with E-state index in [1.165, 1.54) is 6.07 Å². The number of carboxylic acid groups (broad SMARTS) is 1. The van der Waals surface area contributed by atoms with E-state index in [0.717, 1.165) is 0 Å². The molecule has 0 fully saturated rings. The number of aromatic carboxylic acids is 1. The average Bonchev–Trinajstić information content (AvgIpc) is 2.59. The van der Waals surface area contributed by atoms with E-state index in [1.807, 2.05) is 0 Å². The highest BCUT2D eigenvalue weighted by atomic mass is 35.5. The minimum absolute atomic E-state index is 0.0504. The monoisotopic (exact) mass is 239 g/mol. The number of carboxylic acids is 1. The summed E-state index contributed by atoms with van der Waals surface area (Å²) >= 11 is 5.82. The Hall–Kier alpha value is -1.52. The molecule has 1 aromatic carbocycles. The quantitative estimate of drug-likeness (QED) is 0.845. The lowest BCUT2D eigenvalue weighted by atomic mass is 10.1. The van der Waals surface area contributed by atoms with Gasteiger partial charge in [-0.15, -0.1) is 0 Å². The molecular weight excluding hydrogens is 230 g/mol. The van der Waals surface area contributed by atoms with Crippen LogP contribution in [0.2, 0.25) is 5.02 Å². The third-order valence-electron chi connectivity index (χ3n) is 2.28. The summed E-state index contributed by atoms with van der Waals surface area (Å²) in [7, 11) is 0.